The SMILES string of the molecule is CC1CCN(C(=O)C2Cc3ccccc3N2)C1C(=O)O. The number of carboxylic acid groups (broad SMARTS) is 1. The predicted octanol–water partition coefficient (Wildman–Crippen LogP) is 1.34. The third-order valence-corrected chi connectivity index (χ3v) is 4.31. The van der Waals surface area contributed by atoms with Crippen LogP contribution in [0.5, 0.6) is 0 Å². The van der Waals surface area contributed by atoms with Gasteiger partial charge in [-0.25, -0.2) is 4.79 Å². The maximum Gasteiger partial charge on any atom is 0.326 e. The van der Waals surface area contributed by atoms with E-state index >= 15 is 0 Å². The van der Waals surface area contributed by atoms with Gasteiger partial charge in [-0.3, -0.25) is 4.79 Å². The molecule has 20 heavy (non-hydrogen) atoms. The van der Waals surface area contributed by atoms with E-state index in [0.29, 0.717) is 13.0 Å². The number of rotatable bonds is 2. The molecule has 0 bridgehead atoms. The lowest BCUT2D eigenvalue weighted by Crippen LogP contribution is -2.48. The normalized spacial score (nSPS) is 28.1. The number of likely N-dealkylation sites (tertiary alicyclic amines) is 1. The third kappa shape index (κ3) is 2.03. The van der Waals surface area contributed by atoms with Crippen LogP contribution in [0.4, 0.5) is 5.69 Å². The molecule has 1 saturated heterocycles. The number of benzene rings is 1. The molecule has 0 aliphatic carbocycles. The van der Waals surface area contributed by atoms with Gasteiger partial charge in [0.05, 0.1) is 0 Å². The molecule has 2 aliphatic heterocycles. The van der Waals surface area contributed by atoms with Crippen LogP contribution in [-0.4, -0.2) is 40.5 Å². The summed E-state index contributed by atoms with van der Waals surface area (Å²) in [5.74, 6) is -0.989. The van der Waals surface area contributed by atoms with Crippen LogP contribution in [0.1, 0.15) is 18.9 Å². The standard InChI is InChI=1S/C15H18N2O3/c1-9-6-7-17(13(9)15(19)20)14(18)12-8-10-4-2-3-5-11(10)16-12/h2-5,9,12-13,16H,6-8H2,1H3,(H,19,20). The Bertz CT molecular complexity index is 533. The van der Waals surface area contributed by atoms with Crippen LogP contribution >= 0.6 is 0 Å². The smallest absolute Gasteiger partial charge is 0.326 e. The second-order valence-corrected chi connectivity index (χ2v) is 5.64. The van der Waals surface area contributed by atoms with Crippen LogP contribution in [-0.2, 0) is 16.0 Å². The lowest BCUT2D eigenvalue weighted by atomic mass is 10.0. The summed E-state index contributed by atoms with van der Waals surface area (Å²) in [5.41, 5.74) is 2.09. The van der Waals surface area contributed by atoms with Crippen molar-refractivity contribution in [3.63, 3.8) is 0 Å². The summed E-state index contributed by atoms with van der Waals surface area (Å²) in [6, 6.07) is 6.80. The molecule has 3 unspecified atom stereocenters. The maximum absolute atomic E-state index is 12.6. The summed E-state index contributed by atoms with van der Waals surface area (Å²) in [4.78, 5) is 25.4. The highest BCUT2D eigenvalue weighted by Crippen LogP contribution is 2.30. The van der Waals surface area contributed by atoms with Gasteiger partial charge in [-0.1, -0.05) is 25.1 Å². The van der Waals surface area contributed by atoms with Crippen molar-refractivity contribution in [3.8, 4) is 0 Å². The molecule has 3 atom stereocenters. The summed E-state index contributed by atoms with van der Waals surface area (Å²) in [5, 5.41) is 12.5. The molecule has 0 spiro atoms. The molecule has 0 saturated carbocycles. The fraction of sp³-hybridized carbons (Fsp3) is 0.467. The van der Waals surface area contributed by atoms with E-state index in [2.05, 4.69) is 5.32 Å². The Morgan fingerprint density at radius 2 is 2.10 bits per heavy atom. The molecule has 2 heterocycles. The van der Waals surface area contributed by atoms with Gasteiger partial charge in [-0.2, -0.15) is 0 Å². The monoisotopic (exact) mass is 274 g/mol. The highest BCUT2D eigenvalue weighted by atomic mass is 16.4. The molecule has 0 radical (unpaired) electrons. The Morgan fingerprint density at radius 1 is 1.35 bits per heavy atom. The van der Waals surface area contributed by atoms with E-state index in [1.165, 1.54) is 4.90 Å². The molecule has 1 aromatic rings. The average Bonchev–Trinajstić information content (AvgIpc) is 3.00. The average molecular weight is 274 g/mol. The molecule has 3 rings (SSSR count). The number of para-hydroxylation sites is 1. The van der Waals surface area contributed by atoms with Gasteiger partial charge in [-0.15, -0.1) is 0 Å². The first-order valence-corrected chi connectivity index (χ1v) is 6.95. The van der Waals surface area contributed by atoms with E-state index < -0.39 is 12.0 Å². The van der Waals surface area contributed by atoms with Crippen molar-refractivity contribution in [2.75, 3.05) is 11.9 Å². The van der Waals surface area contributed by atoms with Crippen molar-refractivity contribution in [1.29, 1.82) is 0 Å². The Kier molecular flexibility index (Phi) is 3.12. The fourth-order valence-electron chi connectivity index (χ4n) is 3.22. The minimum Gasteiger partial charge on any atom is -0.480 e. The lowest BCUT2D eigenvalue weighted by Gasteiger charge is -2.26. The number of carbonyl (C=O) groups excluding carboxylic acids is 1. The zero-order valence-electron chi connectivity index (χ0n) is 11.4. The molecule has 5 nitrogen and oxygen atoms in total. The minimum atomic E-state index is -0.904. The molecular weight excluding hydrogens is 256 g/mol. The van der Waals surface area contributed by atoms with E-state index in [-0.39, 0.29) is 17.9 Å². The highest BCUT2D eigenvalue weighted by molar-refractivity contribution is 5.91. The van der Waals surface area contributed by atoms with Crippen molar-refractivity contribution in [1.82, 2.24) is 4.90 Å². The van der Waals surface area contributed by atoms with Crippen LogP contribution in [0.15, 0.2) is 24.3 Å². The lowest BCUT2D eigenvalue weighted by molar-refractivity contribution is -0.149. The van der Waals surface area contributed by atoms with E-state index in [1.807, 2.05) is 31.2 Å². The first-order valence-electron chi connectivity index (χ1n) is 6.95. The predicted molar refractivity (Wildman–Crippen MR) is 74.5 cm³/mol. The molecule has 2 aliphatic rings. The number of hydrogen-bond acceptors (Lipinski definition) is 3. The quantitative estimate of drug-likeness (QED) is 0.854. The Hall–Kier alpha value is -2.04. The summed E-state index contributed by atoms with van der Waals surface area (Å²) in [6.07, 6.45) is 1.38. The number of fused-ring (bicyclic) bond motifs is 1. The highest BCUT2D eigenvalue weighted by Gasteiger charge is 2.42. The van der Waals surface area contributed by atoms with Crippen LogP contribution in [0.2, 0.25) is 0 Å². The van der Waals surface area contributed by atoms with Crippen molar-refractivity contribution in [2.24, 2.45) is 5.92 Å². The molecule has 1 fully saturated rings. The number of amides is 1. The van der Waals surface area contributed by atoms with E-state index in [1.54, 1.807) is 0 Å². The third-order valence-electron chi connectivity index (χ3n) is 4.31. The first kappa shape index (κ1) is 13.0. The molecule has 0 aromatic heterocycles. The summed E-state index contributed by atoms with van der Waals surface area (Å²) >= 11 is 0. The number of carboxylic acids is 1. The molecule has 106 valence electrons. The van der Waals surface area contributed by atoms with Crippen molar-refractivity contribution >= 4 is 17.6 Å². The zero-order chi connectivity index (χ0) is 14.3. The van der Waals surface area contributed by atoms with Gasteiger partial charge in [-0.05, 0) is 24.0 Å². The molecule has 1 amide bonds. The Balaban J connectivity index is 1.76. The van der Waals surface area contributed by atoms with Gasteiger partial charge in [0, 0.05) is 18.7 Å². The second kappa shape index (κ2) is 4.81. The van der Waals surface area contributed by atoms with Crippen LogP contribution in [0.3, 0.4) is 0 Å². The fourth-order valence-corrected chi connectivity index (χ4v) is 3.22. The number of anilines is 1. The number of carbonyl (C=O) groups is 2. The van der Waals surface area contributed by atoms with E-state index in [9.17, 15) is 14.7 Å². The van der Waals surface area contributed by atoms with Gasteiger partial charge in [0.25, 0.3) is 0 Å². The van der Waals surface area contributed by atoms with Gasteiger partial charge in [0.1, 0.15) is 12.1 Å². The number of nitrogens with one attached hydrogen (secondary N) is 1. The van der Waals surface area contributed by atoms with E-state index in [4.69, 9.17) is 0 Å². The summed E-state index contributed by atoms with van der Waals surface area (Å²) in [7, 11) is 0. The van der Waals surface area contributed by atoms with E-state index in [0.717, 1.165) is 17.7 Å². The minimum absolute atomic E-state index is 0.0141. The molecule has 2 N–H and O–H groups in total. The Labute approximate surface area is 117 Å². The van der Waals surface area contributed by atoms with Gasteiger partial charge in [0.15, 0.2) is 0 Å². The largest absolute Gasteiger partial charge is 0.480 e. The molecule has 1 aromatic carbocycles. The van der Waals surface area contributed by atoms with Crippen LogP contribution in [0.25, 0.3) is 0 Å². The number of hydrogen-bond donors (Lipinski definition) is 2. The van der Waals surface area contributed by atoms with Crippen LogP contribution < -0.4 is 5.32 Å². The maximum atomic E-state index is 12.6. The van der Waals surface area contributed by atoms with Gasteiger partial charge in [0.2, 0.25) is 5.91 Å². The second-order valence-electron chi connectivity index (χ2n) is 5.64. The zero-order valence-corrected chi connectivity index (χ0v) is 11.4. The van der Waals surface area contributed by atoms with Crippen LogP contribution in [0, 0.1) is 5.92 Å². The van der Waals surface area contributed by atoms with Gasteiger partial charge < -0.3 is 15.3 Å². The van der Waals surface area contributed by atoms with Crippen molar-refractivity contribution in [3.05, 3.63) is 29.8 Å². The summed E-state index contributed by atoms with van der Waals surface area (Å²) < 4.78 is 0. The van der Waals surface area contributed by atoms with Crippen molar-refractivity contribution < 1.29 is 14.7 Å². The van der Waals surface area contributed by atoms with Crippen molar-refractivity contribution in [2.45, 2.75) is 31.8 Å². The summed E-state index contributed by atoms with van der Waals surface area (Å²) in [6.45, 7) is 2.42. The number of aliphatic carboxylic acids is 1. The number of nitrogens with zero attached hydrogens (tertiary/aromatic N) is 1. The Morgan fingerprint density at radius 3 is 2.80 bits per heavy atom. The first-order chi connectivity index (χ1) is 9.58. The topological polar surface area (TPSA) is 69.6 Å². The van der Waals surface area contributed by atoms with Gasteiger partial charge >= 0.3 is 5.97 Å². The molecular formula is C15H18N2O3. The molecule has 5 heteroatoms.